The lowest BCUT2D eigenvalue weighted by Crippen LogP contribution is -2.23. The molecule has 0 atom stereocenters. The van der Waals surface area contributed by atoms with Gasteiger partial charge in [-0.3, -0.25) is 4.79 Å². The first kappa shape index (κ1) is 20.4. The van der Waals surface area contributed by atoms with Crippen LogP contribution in [0.5, 0.6) is 0 Å². The maximum absolute atomic E-state index is 11.7. The van der Waals surface area contributed by atoms with Crippen LogP contribution < -0.4 is 20.9 Å². The van der Waals surface area contributed by atoms with Gasteiger partial charge in [0.15, 0.2) is 5.65 Å². The molecule has 10 heteroatoms. The smallest absolute Gasteiger partial charge is 0.221 e. The Morgan fingerprint density at radius 2 is 2.19 bits per heavy atom. The molecule has 10 nitrogen and oxygen atoms in total. The number of hydrogen-bond donors (Lipinski definition) is 4. The van der Waals surface area contributed by atoms with E-state index < -0.39 is 0 Å². The van der Waals surface area contributed by atoms with E-state index in [0.29, 0.717) is 35.3 Å². The topological polar surface area (TPSA) is 131 Å². The molecule has 1 amide bonds. The van der Waals surface area contributed by atoms with Crippen molar-refractivity contribution in [1.29, 1.82) is 5.26 Å². The number of aliphatic hydroxyl groups excluding tert-OH is 1. The highest BCUT2D eigenvalue weighted by molar-refractivity contribution is 5.94. The van der Waals surface area contributed by atoms with Crippen LogP contribution in [0.1, 0.15) is 25.3 Å². The fraction of sp³-hybridized carbons (Fsp3) is 0.333. The molecule has 0 aliphatic heterocycles. The fourth-order valence-electron chi connectivity index (χ4n) is 3.30. The van der Waals surface area contributed by atoms with E-state index in [9.17, 15) is 15.2 Å². The molecule has 0 spiro atoms. The molecule has 2 heterocycles. The number of likely N-dealkylation sites (N-methyl/N-ethyl adjacent to an activating group) is 1. The normalized spacial score (nSPS) is 13.0. The summed E-state index contributed by atoms with van der Waals surface area (Å²) in [6.45, 7) is 1.89. The number of hydrogen-bond acceptors (Lipinski definition) is 8. The predicted molar refractivity (Wildman–Crippen MR) is 119 cm³/mol. The number of nitrogens with one attached hydrogen (secondary N) is 3. The van der Waals surface area contributed by atoms with E-state index in [4.69, 9.17) is 0 Å². The lowest BCUT2D eigenvalue weighted by molar-refractivity contribution is -0.114. The molecule has 1 aromatic carbocycles. The zero-order chi connectivity index (χ0) is 22.0. The molecule has 0 saturated heterocycles. The third-order valence-corrected chi connectivity index (χ3v) is 4.95. The molecule has 2 aromatic heterocycles. The summed E-state index contributed by atoms with van der Waals surface area (Å²) in [6.07, 6.45) is 3.70. The van der Waals surface area contributed by atoms with Gasteiger partial charge in [-0.25, -0.2) is 4.98 Å². The van der Waals surface area contributed by atoms with Crippen molar-refractivity contribution in [3.05, 3.63) is 36.0 Å². The van der Waals surface area contributed by atoms with Crippen LogP contribution in [0, 0.1) is 11.3 Å². The second kappa shape index (κ2) is 8.49. The number of aromatic nitrogens is 3. The van der Waals surface area contributed by atoms with Crippen LogP contribution >= 0.6 is 0 Å². The molecule has 1 aliphatic rings. The predicted octanol–water partition coefficient (Wildman–Crippen LogP) is 2.31. The van der Waals surface area contributed by atoms with Gasteiger partial charge in [0.2, 0.25) is 5.91 Å². The van der Waals surface area contributed by atoms with E-state index in [0.717, 1.165) is 30.0 Å². The molecule has 1 saturated carbocycles. The SMILES string of the molecule is CC(=O)Nc1cc(Nc2cc(NC3CC3)n3ncc(C#N)c3n2)ccc1N(C)CCO. The van der Waals surface area contributed by atoms with Gasteiger partial charge in [0, 0.05) is 38.3 Å². The second-order valence-corrected chi connectivity index (χ2v) is 7.53. The number of rotatable bonds is 8. The van der Waals surface area contributed by atoms with E-state index in [-0.39, 0.29) is 12.5 Å². The van der Waals surface area contributed by atoms with Crippen molar-refractivity contribution in [3.8, 4) is 6.07 Å². The fourth-order valence-corrected chi connectivity index (χ4v) is 3.30. The van der Waals surface area contributed by atoms with E-state index in [1.165, 1.54) is 13.1 Å². The van der Waals surface area contributed by atoms with Gasteiger partial charge in [0.25, 0.3) is 0 Å². The number of carbonyl (C=O) groups is 1. The highest BCUT2D eigenvalue weighted by atomic mass is 16.3. The number of nitrogens with zero attached hydrogens (tertiary/aromatic N) is 5. The van der Waals surface area contributed by atoms with Crippen molar-refractivity contribution in [2.24, 2.45) is 0 Å². The standard InChI is InChI=1S/C21H24N8O2/c1-13(31)24-17-9-16(5-6-18(17)28(2)7-8-30)25-19-10-20(26-15-3-4-15)29-21(27-19)14(11-22)12-23-29/h5-6,9-10,12,15,26,30H,3-4,7-8H2,1-2H3,(H,24,31)(H,25,27). The molecular formula is C21H24N8O2. The molecule has 0 unspecified atom stereocenters. The lowest BCUT2D eigenvalue weighted by atomic mass is 10.2. The Morgan fingerprint density at radius 3 is 2.87 bits per heavy atom. The summed E-state index contributed by atoms with van der Waals surface area (Å²) in [5.74, 6) is 1.12. The number of benzene rings is 1. The van der Waals surface area contributed by atoms with Gasteiger partial charge < -0.3 is 26.0 Å². The highest BCUT2D eigenvalue weighted by Gasteiger charge is 2.23. The summed E-state index contributed by atoms with van der Waals surface area (Å²) in [7, 11) is 1.85. The van der Waals surface area contributed by atoms with Crippen molar-refractivity contribution >= 4 is 40.3 Å². The van der Waals surface area contributed by atoms with Crippen LogP contribution in [0.25, 0.3) is 5.65 Å². The van der Waals surface area contributed by atoms with Crippen LogP contribution in [-0.4, -0.2) is 51.9 Å². The number of carbonyl (C=O) groups excluding carboxylic acids is 1. The van der Waals surface area contributed by atoms with Gasteiger partial charge in [0.1, 0.15) is 23.3 Å². The van der Waals surface area contributed by atoms with Crippen LogP contribution in [0.2, 0.25) is 0 Å². The number of amides is 1. The zero-order valence-corrected chi connectivity index (χ0v) is 17.4. The molecule has 4 N–H and O–H groups in total. The summed E-state index contributed by atoms with van der Waals surface area (Å²) in [6, 6.07) is 9.93. The maximum Gasteiger partial charge on any atom is 0.221 e. The van der Waals surface area contributed by atoms with Gasteiger partial charge in [-0.05, 0) is 31.0 Å². The Morgan fingerprint density at radius 1 is 1.39 bits per heavy atom. The Hall–Kier alpha value is -3.84. The van der Waals surface area contributed by atoms with Crippen LogP contribution in [-0.2, 0) is 4.79 Å². The second-order valence-electron chi connectivity index (χ2n) is 7.53. The Kier molecular flexibility index (Phi) is 5.60. The van der Waals surface area contributed by atoms with E-state index >= 15 is 0 Å². The molecule has 1 aliphatic carbocycles. The highest BCUT2D eigenvalue weighted by Crippen LogP contribution is 2.31. The van der Waals surface area contributed by atoms with Crippen molar-refractivity contribution in [2.45, 2.75) is 25.8 Å². The van der Waals surface area contributed by atoms with E-state index in [2.05, 4.69) is 32.1 Å². The summed E-state index contributed by atoms with van der Waals surface area (Å²) in [4.78, 5) is 18.1. The van der Waals surface area contributed by atoms with Crippen molar-refractivity contribution in [2.75, 3.05) is 41.0 Å². The summed E-state index contributed by atoms with van der Waals surface area (Å²) in [5.41, 5.74) is 2.99. The Balaban J connectivity index is 1.69. The molecule has 4 rings (SSSR count). The zero-order valence-electron chi connectivity index (χ0n) is 17.4. The summed E-state index contributed by atoms with van der Waals surface area (Å²) in [5, 5.41) is 32.4. The lowest BCUT2D eigenvalue weighted by Gasteiger charge is -2.22. The van der Waals surface area contributed by atoms with Crippen molar-refractivity contribution in [3.63, 3.8) is 0 Å². The van der Waals surface area contributed by atoms with Crippen molar-refractivity contribution in [1.82, 2.24) is 14.6 Å². The molecule has 1 fully saturated rings. The Bertz CT molecular complexity index is 1160. The molecule has 0 bridgehead atoms. The summed E-state index contributed by atoms with van der Waals surface area (Å²) >= 11 is 0. The first-order valence-corrected chi connectivity index (χ1v) is 10.0. The van der Waals surface area contributed by atoms with Crippen LogP contribution in [0.4, 0.5) is 28.7 Å². The number of nitriles is 1. The quantitative estimate of drug-likeness (QED) is 0.437. The van der Waals surface area contributed by atoms with Gasteiger partial charge in [-0.2, -0.15) is 14.9 Å². The molecule has 3 aromatic rings. The van der Waals surface area contributed by atoms with Gasteiger partial charge in [0.05, 0.1) is 24.2 Å². The molecule has 31 heavy (non-hydrogen) atoms. The molecule has 0 radical (unpaired) electrons. The van der Waals surface area contributed by atoms with Crippen LogP contribution in [0.15, 0.2) is 30.5 Å². The molecule has 160 valence electrons. The van der Waals surface area contributed by atoms with Crippen LogP contribution in [0.3, 0.4) is 0 Å². The monoisotopic (exact) mass is 420 g/mol. The van der Waals surface area contributed by atoms with Gasteiger partial charge in [-0.1, -0.05) is 0 Å². The number of aliphatic hydroxyl groups is 1. The average Bonchev–Trinajstić information content (AvgIpc) is 3.44. The first-order valence-electron chi connectivity index (χ1n) is 10.0. The van der Waals surface area contributed by atoms with Crippen molar-refractivity contribution < 1.29 is 9.90 Å². The number of anilines is 5. The average molecular weight is 420 g/mol. The van der Waals surface area contributed by atoms with Gasteiger partial charge in [-0.15, -0.1) is 0 Å². The maximum atomic E-state index is 11.7. The summed E-state index contributed by atoms with van der Waals surface area (Å²) < 4.78 is 1.64. The minimum Gasteiger partial charge on any atom is -0.395 e. The minimum atomic E-state index is -0.191. The molecular weight excluding hydrogens is 396 g/mol. The third kappa shape index (κ3) is 4.51. The third-order valence-electron chi connectivity index (χ3n) is 4.95. The Labute approximate surface area is 179 Å². The number of fused-ring (bicyclic) bond motifs is 1. The largest absolute Gasteiger partial charge is 0.395 e. The minimum absolute atomic E-state index is 0.00327. The van der Waals surface area contributed by atoms with E-state index in [1.807, 2.05) is 36.2 Å². The van der Waals surface area contributed by atoms with Gasteiger partial charge >= 0.3 is 0 Å². The first-order chi connectivity index (χ1) is 15.0. The van der Waals surface area contributed by atoms with E-state index in [1.54, 1.807) is 4.52 Å².